The lowest BCUT2D eigenvalue weighted by atomic mass is 9.95. The Morgan fingerprint density at radius 1 is 1.12 bits per heavy atom. The molecule has 1 N–H and O–H groups in total. The normalized spacial score (nSPS) is 15.8. The van der Waals surface area contributed by atoms with Crippen LogP contribution < -0.4 is 9.46 Å². The standard InChI is InChI=1S/C18H19ClN2O3S/c1-11-9-12(19)5-7-14(11)17-15-8-6-13(21-25(4,22)23)10-16(15)24-18(2,3)20-17/h5-10,21H,1-4H3. The third kappa shape index (κ3) is 3.96. The summed E-state index contributed by atoms with van der Waals surface area (Å²) in [7, 11) is -3.36. The summed E-state index contributed by atoms with van der Waals surface area (Å²) in [5.74, 6) is 0.581. The summed E-state index contributed by atoms with van der Waals surface area (Å²) in [6.07, 6.45) is 1.11. The van der Waals surface area contributed by atoms with E-state index in [1.807, 2.05) is 45.0 Å². The summed E-state index contributed by atoms with van der Waals surface area (Å²) in [6.45, 7) is 5.70. The Bertz CT molecular complexity index is 982. The fraction of sp³-hybridized carbons (Fsp3) is 0.278. The maximum atomic E-state index is 11.5. The zero-order chi connectivity index (χ0) is 18.4. The van der Waals surface area contributed by atoms with Gasteiger partial charge in [0, 0.05) is 22.2 Å². The van der Waals surface area contributed by atoms with E-state index < -0.39 is 15.7 Å². The summed E-state index contributed by atoms with van der Waals surface area (Å²) < 4.78 is 31.3. The van der Waals surface area contributed by atoms with Crippen LogP contribution in [0.1, 0.15) is 30.5 Å². The number of hydrogen-bond donors (Lipinski definition) is 1. The van der Waals surface area contributed by atoms with E-state index in [0.717, 1.165) is 28.7 Å². The first kappa shape index (κ1) is 17.8. The Labute approximate surface area is 152 Å². The van der Waals surface area contributed by atoms with E-state index >= 15 is 0 Å². The van der Waals surface area contributed by atoms with Crippen LogP contribution in [-0.2, 0) is 10.0 Å². The molecule has 0 saturated carbocycles. The summed E-state index contributed by atoms with van der Waals surface area (Å²) in [5.41, 5.74) is 3.26. The van der Waals surface area contributed by atoms with Gasteiger partial charge in [0.15, 0.2) is 5.72 Å². The number of halogens is 1. The first-order chi connectivity index (χ1) is 11.5. The summed E-state index contributed by atoms with van der Waals surface area (Å²) in [6, 6.07) is 10.8. The maximum Gasteiger partial charge on any atom is 0.229 e. The number of nitrogens with one attached hydrogen (secondary N) is 1. The number of sulfonamides is 1. The SMILES string of the molecule is Cc1cc(Cl)ccc1C1=NC(C)(C)Oc2cc(NS(C)(=O)=O)ccc21. The van der Waals surface area contributed by atoms with Gasteiger partial charge in [-0.1, -0.05) is 17.7 Å². The lowest BCUT2D eigenvalue weighted by Crippen LogP contribution is -2.32. The van der Waals surface area contributed by atoms with Gasteiger partial charge in [-0.3, -0.25) is 4.72 Å². The van der Waals surface area contributed by atoms with Crippen LogP contribution in [0, 0.1) is 6.92 Å². The second-order valence-electron chi connectivity index (χ2n) is 6.55. The van der Waals surface area contributed by atoms with Crippen LogP contribution in [0.3, 0.4) is 0 Å². The van der Waals surface area contributed by atoms with E-state index in [2.05, 4.69) is 4.72 Å². The van der Waals surface area contributed by atoms with Crippen LogP contribution >= 0.6 is 11.6 Å². The van der Waals surface area contributed by atoms with Crippen molar-refractivity contribution >= 4 is 33.0 Å². The molecule has 0 amide bonds. The van der Waals surface area contributed by atoms with Crippen molar-refractivity contribution in [2.75, 3.05) is 11.0 Å². The highest BCUT2D eigenvalue weighted by Gasteiger charge is 2.29. The van der Waals surface area contributed by atoms with Gasteiger partial charge >= 0.3 is 0 Å². The highest BCUT2D eigenvalue weighted by Crippen LogP contribution is 2.35. The van der Waals surface area contributed by atoms with E-state index in [0.29, 0.717) is 16.5 Å². The molecular formula is C18H19ClN2O3S. The van der Waals surface area contributed by atoms with Crippen molar-refractivity contribution in [3.05, 3.63) is 58.1 Å². The van der Waals surface area contributed by atoms with E-state index in [1.54, 1.807) is 12.1 Å². The fourth-order valence-corrected chi connectivity index (χ4v) is 3.58. The fourth-order valence-electron chi connectivity index (χ4n) is 2.80. The lowest BCUT2D eigenvalue weighted by molar-refractivity contribution is 0.115. The molecule has 3 rings (SSSR count). The van der Waals surface area contributed by atoms with Crippen molar-refractivity contribution in [2.24, 2.45) is 4.99 Å². The zero-order valence-corrected chi connectivity index (χ0v) is 16.0. The number of ether oxygens (including phenoxy) is 1. The number of aryl methyl sites for hydroxylation is 1. The van der Waals surface area contributed by atoms with Gasteiger partial charge < -0.3 is 4.74 Å². The number of anilines is 1. The molecular weight excluding hydrogens is 360 g/mol. The maximum absolute atomic E-state index is 11.5. The molecule has 5 nitrogen and oxygen atoms in total. The van der Waals surface area contributed by atoms with Gasteiger partial charge in [0.1, 0.15) is 5.75 Å². The predicted molar refractivity (Wildman–Crippen MR) is 101 cm³/mol. The minimum atomic E-state index is -3.36. The molecule has 0 radical (unpaired) electrons. The van der Waals surface area contributed by atoms with Gasteiger partial charge in [-0.15, -0.1) is 0 Å². The number of rotatable bonds is 3. The third-order valence-electron chi connectivity index (χ3n) is 3.72. The van der Waals surface area contributed by atoms with Crippen molar-refractivity contribution in [1.29, 1.82) is 0 Å². The van der Waals surface area contributed by atoms with E-state index in [4.69, 9.17) is 21.3 Å². The van der Waals surface area contributed by atoms with Crippen molar-refractivity contribution in [3.8, 4) is 5.75 Å². The molecule has 0 unspecified atom stereocenters. The Morgan fingerprint density at radius 3 is 2.44 bits per heavy atom. The van der Waals surface area contributed by atoms with Gasteiger partial charge in [0.05, 0.1) is 17.7 Å². The van der Waals surface area contributed by atoms with Gasteiger partial charge in [0.25, 0.3) is 0 Å². The quantitative estimate of drug-likeness (QED) is 0.878. The van der Waals surface area contributed by atoms with Gasteiger partial charge in [-0.25, -0.2) is 13.4 Å². The van der Waals surface area contributed by atoms with E-state index in [1.165, 1.54) is 0 Å². The molecule has 2 aromatic rings. The number of hydrogen-bond acceptors (Lipinski definition) is 4. The molecule has 1 aliphatic rings. The minimum absolute atomic E-state index is 0.450. The van der Waals surface area contributed by atoms with Crippen molar-refractivity contribution in [2.45, 2.75) is 26.5 Å². The topological polar surface area (TPSA) is 67.8 Å². The Morgan fingerprint density at radius 2 is 1.80 bits per heavy atom. The highest BCUT2D eigenvalue weighted by molar-refractivity contribution is 7.92. The Balaban J connectivity index is 2.14. The number of benzene rings is 2. The molecule has 0 bridgehead atoms. The van der Waals surface area contributed by atoms with Crippen LogP contribution in [0.25, 0.3) is 0 Å². The zero-order valence-electron chi connectivity index (χ0n) is 14.4. The molecule has 1 aliphatic heterocycles. The third-order valence-corrected chi connectivity index (χ3v) is 4.57. The smallest absolute Gasteiger partial charge is 0.229 e. The van der Waals surface area contributed by atoms with E-state index in [9.17, 15) is 8.42 Å². The molecule has 0 saturated heterocycles. The first-order valence-corrected chi connectivity index (χ1v) is 9.99. The minimum Gasteiger partial charge on any atom is -0.466 e. The predicted octanol–water partition coefficient (Wildman–Crippen LogP) is 3.99. The van der Waals surface area contributed by atoms with Crippen LogP contribution in [0.2, 0.25) is 5.02 Å². The van der Waals surface area contributed by atoms with Crippen molar-refractivity contribution in [3.63, 3.8) is 0 Å². The number of fused-ring (bicyclic) bond motifs is 1. The Hall–Kier alpha value is -2.05. The molecule has 0 spiro atoms. The molecule has 7 heteroatoms. The first-order valence-electron chi connectivity index (χ1n) is 7.72. The molecule has 2 aromatic carbocycles. The average Bonchev–Trinajstić information content (AvgIpc) is 2.43. The second kappa shape index (κ2) is 6.04. The molecule has 0 aliphatic carbocycles. The van der Waals surface area contributed by atoms with Gasteiger partial charge in [0.2, 0.25) is 10.0 Å². The van der Waals surface area contributed by atoms with Gasteiger partial charge in [-0.05, 0) is 50.6 Å². The number of nitrogens with zero attached hydrogens (tertiary/aromatic N) is 1. The second-order valence-corrected chi connectivity index (χ2v) is 8.74. The highest BCUT2D eigenvalue weighted by atomic mass is 35.5. The lowest BCUT2D eigenvalue weighted by Gasteiger charge is -2.31. The number of aliphatic imine (C=N–C) groups is 1. The summed E-state index contributed by atoms with van der Waals surface area (Å²) >= 11 is 6.06. The largest absolute Gasteiger partial charge is 0.466 e. The Kier molecular flexibility index (Phi) is 4.29. The van der Waals surface area contributed by atoms with Crippen molar-refractivity contribution < 1.29 is 13.2 Å². The average molecular weight is 379 g/mol. The molecule has 0 atom stereocenters. The molecule has 25 heavy (non-hydrogen) atoms. The molecule has 0 aromatic heterocycles. The summed E-state index contributed by atoms with van der Waals surface area (Å²) in [4.78, 5) is 4.73. The molecule has 1 heterocycles. The van der Waals surface area contributed by atoms with Crippen LogP contribution in [0.5, 0.6) is 5.75 Å². The summed E-state index contributed by atoms with van der Waals surface area (Å²) in [5, 5.41) is 0.668. The monoisotopic (exact) mass is 378 g/mol. The van der Waals surface area contributed by atoms with Gasteiger partial charge in [-0.2, -0.15) is 0 Å². The van der Waals surface area contributed by atoms with Crippen molar-refractivity contribution in [1.82, 2.24) is 0 Å². The van der Waals surface area contributed by atoms with Crippen LogP contribution in [0.4, 0.5) is 5.69 Å². The molecule has 132 valence electrons. The van der Waals surface area contributed by atoms with Crippen LogP contribution in [-0.4, -0.2) is 26.1 Å². The van der Waals surface area contributed by atoms with E-state index in [-0.39, 0.29) is 0 Å². The molecule has 0 fully saturated rings. The van der Waals surface area contributed by atoms with Crippen LogP contribution in [0.15, 0.2) is 41.4 Å².